The smallest absolute Gasteiger partial charge is 0.0368 e. The topological polar surface area (TPSA) is 12.0 Å². The van der Waals surface area contributed by atoms with E-state index >= 15 is 0 Å². The fourth-order valence-electron chi connectivity index (χ4n) is 1.79. The van der Waals surface area contributed by atoms with Crippen LogP contribution in [-0.2, 0) is 0 Å². The highest BCUT2D eigenvalue weighted by Crippen LogP contribution is 2.55. The van der Waals surface area contributed by atoms with Crippen LogP contribution in [0.5, 0.6) is 0 Å². The Morgan fingerprint density at radius 3 is 2.90 bits per heavy atom. The number of nitrogens with one attached hydrogen (secondary N) is 1. The molecule has 1 aliphatic carbocycles. The van der Waals surface area contributed by atoms with Crippen LogP contribution in [0, 0.1) is 23.7 Å². The second-order valence-electron chi connectivity index (χ2n) is 3.16. The van der Waals surface area contributed by atoms with Crippen LogP contribution in [0.1, 0.15) is 12.8 Å². The van der Waals surface area contributed by atoms with Crippen molar-refractivity contribution >= 4 is 12.4 Å². The molecule has 2 rings (SSSR count). The third-order valence-corrected chi connectivity index (χ3v) is 2.66. The predicted octanol–water partition coefficient (Wildman–Crippen LogP) is 1.04. The van der Waals surface area contributed by atoms with Crippen LogP contribution >= 0.6 is 12.4 Å². The summed E-state index contributed by atoms with van der Waals surface area (Å²) in [6.45, 7) is 2.28. The van der Waals surface area contributed by atoms with Gasteiger partial charge >= 0.3 is 0 Å². The zero-order valence-electron chi connectivity index (χ0n) is 5.89. The van der Waals surface area contributed by atoms with E-state index in [9.17, 15) is 0 Å². The second-order valence-corrected chi connectivity index (χ2v) is 3.16. The molecular formula is C8H12ClN. The first-order valence-corrected chi connectivity index (χ1v) is 3.56. The minimum absolute atomic E-state index is 0. The lowest BCUT2D eigenvalue weighted by Crippen LogP contribution is -2.28. The Morgan fingerprint density at radius 1 is 1.60 bits per heavy atom. The molecule has 2 atom stereocenters. The van der Waals surface area contributed by atoms with Crippen LogP contribution in [-0.4, -0.2) is 13.1 Å². The molecule has 1 nitrogen and oxygen atoms in total. The van der Waals surface area contributed by atoms with Gasteiger partial charge in [-0.3, -0.25) is 0 Å². The summed E-state index contributed by atoms with van der Waals surface area (Å²) >= 11 is 0. The number of hydrogen-bond acceptors (Lipinski definition) is 1. The van der Waals surface area contributed by atoms with E-state index < -0.39 is 0 Å². The van der Waals surface area contributed by atoms with Gasteiger partial charge in [-0.2, -0.15) is 0 Å². The molecule has 0 aromatic rings. The molecule has 1 saturated carbocycles. The summed E-state index contributed by atoms with van der Waals surface area (Å²) < 4.78 is 0. The summed E-state index contributed by atoms with van der Waals surface area (Å²) in [5.41, 5.74) is 0.352. The van der Waals surface area contributed by atoms with Gasteiger partial charge in [0.05, 0.1) is 0 Å². The Kier molecular flexibility index (Phi) is 1.94. The van der Waals surface area contributed by atoms with Crippen LogP contribution < -0.4 is 5.32 Å². The van der Waals surface area contributed by atoms with Crippen molar-refractivity contribution in [2.45, 2.75) is 12.8 Å². The van der Waals surface area contributed by atoms with Crippen molar-refractivity contribution in [2.75, 3.05) is 13.1 Å². The maximum Gasteiger partial charge on any atom is 0.0368 e. The van der Waals surface area contributed by atoms with Crippen LogP contribution in [0.3, 0.4) is 0 Å². The van der Waals surface area contributed by atoms with E-state index in [1.54, 1.807) is 0 Å². The van der Waals surface area contributed by atoms with Gasteiger partial charge < -0.3 is 5.32 Å². The van der Waals surface area contributed by atoms with Crippen molar-refractivity contribution < 1.29 is 0 Å². The lowest BCUT2D eigenvalue weighted by atomic mass is 9.98. The highest BCUT2D eigenvalue weighted by molar-refractivity contribution is 5.85. The maximum absolute atomic E-state index is 5.40. The molecule has 1 N–H and O–H groups in total. The number of terminal acetylenes is 1. The molecule has 0 radical (unpaired) electrons. The first-order chi connectivity index (χ1) is 4.37. The van der Waals surface area contributed by atoms with E-state index in [0.717, 1.165) is 19.0 Å². The summed E-state index contributed by atoms with van der Waals surface area (Å²) in [4.78, 5) is 0. The van der Waals surface area contributed by atoms with Gasteiger partial charge in [-0.15, -0.1) is 18.8 Å². The van der Waals surface area contributed by atoms with Gasteiger partial charge in [0.1, 0.15) is 0 Å². The van der Waals surface area contributed by atoms with Gasteiger partial charge in [0.15, 0.2) is 0 Å². The third kappa shape index (κ3) is 0.923. The van der Waals surface area contributed by atoms with Gasteiger partial charge in [0.2, 0.25) is 0 Å². The van der Waals surface area contributed by atoms with Crippen molar-refractivity contribution in [1.82, 2.24) is 5.32 Å². The van der Waals surface area contributed by atoms with Crippen LogP contribution in [0.4, 0.5) is 0 Å². The fourth-order valence-corrected chi connectivity index (χ4v) is 1.79. The molecular weight excluding hydrogens is 146 g/mol. The SMILES string of the molecule is C#CC12CCNCC1C2.Cl. The molecule has 0 amide bonds. The summed E-state index contributed by atoms with van der Waals surface area (Å²) in [7, 11) is 0. The summed E-state index contributed by atoms with van der Waals surface area (Å²) in [6, 6.07) is 0. The Bertz CT molecular complexity index is 173. The molecule has 2 aliphatic rings. The molecule has 0 aromatic carbocycles. The molecule has 1 heterocycles. The largest absolute Gasteiger partial charge is 0.316 e. The molecule has 10 heavy (non-hydrogen) atoms. The Labute approximate surface area is 68.0 Å². The second kappa shape index (κ2) is 2.45. The minimum Gasteiger partial charge on any atom is -0.316 e. The van der Waals surface area contributed by atoms with Crippen LogP contribution in [0.25, 0.3) is 0 Å². The highest BCUT2D eigenvalue weighted by atomic mass is 35.5. The molecule has 2 heteroatoms. The van der Waals surface area contributed by atoms with Gasteiger partial charge in [-0.1, -0.05) is 5.92 Å². The summed E-state index contributed by atoms with van der Waals surface area (Å²) in [5, 5.41) is 3.34. The number of hydrogen-bond donors (Lipinski definition) is 1. The molecule has 0 aromatic heterocycles. The van der Waals surface area contributed by atoms with Crippen molar-refractivity contribution in [3.8, 4) is 12.3 Å². The monoisotopic (exact) mass is 157 g/mol. The van der Waals surface area contributed by atoms with E-state index in [1.165, 1.54) is 12.8 Å². The van der Waals surface area contributed by atoms with Gasteiger partial charge in [-0.05, 0) is 31.8 Å². The lowest BCUT2D eigenvalue weighted by Gasteiger charge is -2.16. The van der Waals surface area contributed by atoms with Crippen LogP contribution in [0.15, 0.2) is 0 Å². The molecule has 1 saturated heterocycles. The Morgan fingerprint density at radius 2 is 2.40 bits per heavy atom. The zero-order chi connectivity index (χ0) is 6.32. The highest BCUT2D eigenvalue weighted by Gasteiger charge is 2.53. The number of rotatable bonds is 0. The molecule has 2 unspecified atom stereocenters. The van der Waals surface area contributed by atoms with E-state index in [-0.39, 0.29) is 12.4 Å². The van der Waals surface area contributed by atoms with Crippen molar-refractivity contribution in [3.05, 3.63) is 0 Å². The first kappa shape index (κ1) is 7.91. The molecule has 56 valence electrons. The predicted molar refractivity (Wildman–Crippen MR) is 44.1 cm³/mol. The summed E-state index contributed by atoms with van der Waals surface area (Å²) in [5.74, 6) is 3.73. The maximum atomic E-state index is 5.40. The average Bonchev–Trinajstić information content (AvgIpc) is 2.62. The summed E-state index contributed by atoms with van der Waals surface area (Å²) in [6.07, 6.45) is 7.88. The van der Waals surface area contributed by atoms with Crippen molar-refractivity contribution in [2.24, 2.45) is 11.3 Å². The Balaban J connectivity index is 0.000000500. The van der Waals surface area contributed by atoms with E-state index in [1.807, 2.05) is 0 Å². The quantitative estimate of drug-likeness (QED) is 0.519. The van der Waals surface area contributed by atoms with Gasteiger partial charge in [0, 0.05) is 5.41 Å². The zero-order valence-corrected chi connectivity index (χ0v) is 6.71. The third-order valence-electron chi connectivity index (χ3n) is 2.66. The van der Waals surface area contributed by atoms with Crippen LogP contribution in [0.2, 0.25) is 0 Å². The van der Waals surface area contributed by atoms with E-state index in [0.29, 0.717) is 5.41 Å². The number of fused-ring (bicyclic) bond motifs is 1. The van der Waals surface area contributed by atoms with E-state index in [4.69, 9.17) is 6.42 Å². The number of halogens is 1. The normalized spacial score (nSPS) is 42.5. The molecule has 0 spiro atoms. The standard InChI is InChI=1S/C8H11N.ClH/c1-2-8-3-4-9-6-7(8)5-8;/h1,7,9H,3-6H2;1H. The first-order valence-electron chi connectivity index (χ1n) is 3.56. The number of piperidine rings is 1. The average molecular weight is 158 g/mol. The van der Waals surface area contributed by atoms with Gasteiger partial charge in [0.25, 0.3) is 0 Å². The van der Waals surface area contributed by atoms with Crippen molar-refractivity contribution in [1.29, 1.82) is 0 Å². The fraction of sp³-hybridized carbons (Fsp3) is 0.750. The minimum atomic E-state index is 0. The molecule has 1 aliphatic heterocycles. The lowest BCUT2D eigenvalue weighted by molar-refractivity contribution is 0.433. The Hall–Kier alpha value is -0.190. The van der Waals surface area contributed by atoms with Crippen molar-refractivity contribution in [3.63, 3.8) is 0 Å². The van der Waals surface area contributed by atoms with E-state index in [2.05, 4.69) is 11.2 Å². The molecule has 2 fully saturated rings. The van der Waals surface area contributed by atoms with Gasteiger partial charge in [-0.25, -0.2) is 0 Å². The molecule has 0 bridgehead atoms.